The van der Waals surface area contributed by atoms with E-state index >= 15 is 0 Å². The number of halogens is 1. The fourth-order valence-electron chi connectivity index (χ4n) is 4.82. The van der Waals surface area contributed by atoms with Crippen molar-refractivity contribution in [3.8, 4) is 11.3 Å². The van der Waals surface area contributed by atoms with E-state index in [1.807, 2.05) is 6.92 Å². The molecular formula is C27H27FN4O6S2. The maximum absolute atomic E-state index is 13.6. The first-order chi connectivity index (χ1) is 19.0. The Morgan fingerprint density at radius 2 is 1.88 bits per heavy atom. The lowest BCUT2D eigenvalue weighted by molar-refractivity contribution is 0.0964. The van der Waals surface area contributed by atoms with Gasteiger partial charge in [0.2, 0.25) is 25.8 Å². The predicted octanol–water partition coefficient (Wildman–Crippen LogP) is 3.53. The third kappa shape index (κ3) is 4.84. The number of amides is 1. The van der Waals surface area contributed by atoms with Crippen molar-refractivity contribution in [2.45, 2.75) is 24.8 Å². The quantitative estimate of drug-likeness (QED) is 0.334. The second kappa shape index (κ2) is 10.3. The highest BCUT2D eigenvalue weighted by molar-refractivity contribution is 7.92. The maximum atomic E-state index is 13.6. The molecule has 0 atom stereocenters. The Bertz CT molecular complexity index is 1840. The van der Waals surface area contributed by atoms with Gasteiger partial charge >= 0.3 is 0 Å². The highest BCUT2D eigenvalue weighted by Gasteiger charge is 2.35. The number of benzene rings is 2. The first kappa shape index (κ1) is 27.7. The highest BCUT2D eigenvalue weighted by atomic mass is 32.2. The lowest BCUT2D eigenvalue weighted by Gasteiger charge is -2.25. The highest BCUT2D eigenvalue weighted by Crippen LogP contribution is 2.37. The summed E-state index contributed by atoms with van der Waals surface area (Å²) in [6, 6.07) is 13.7. The van der Waals surface area contributed by atoms with Gasteiger partial charge in [0.05, 0.1) is 22.1 Å². The molecule has 5 rings (SSSR count). The van der Waals surface area contributed by atoms with E-state index in [0.717, 1.165) is 10.6 Å². The van der Waals surface area contributed by atoms with Gasteiger partial charge in [0.15, 0.2) is 0 Å². The molecule has 0 unspecified atom stereocenters. The van der Waals surface area contributed by atoms with Crippen LogP contribution in [0.5, 0.6) is 0 Å². The van der Waals surface area contributed by atoms with Gasteiger partial charge < -0.3 is 9.73 Å². The van der Waals surface area contributed by atoms with E-state index in [1.54, 1.807) is 24.3 Å². The van der Waals surface area contributed by atoms with Crippen molar-refractivity contribution in [1.29, 1.82) is 0 Å². The fraction of sp³-hybridized carbons (Fsp3) is 0.259. The molecule has 0 fully saturated rings. The zero-order chi connectivity index (χ0) is 28.8. The van der Waals surface area contributed by atoms with Gasteiger partial charge in [-0.1, -0.05) is 25.1 Å². The molecule has 1 aliphatic rings. The number of anilines is 1. The minimum absolute atomic E-state index is 0.0139. The Hall–Kier alpha value is -3.81. The van der Waals surface area contributed by atoms with Crippen LogP contribution in [0, 0.1) is 5.82 Å². The summed E-state index contributed by atoms with van der Waals surface area (Å²) in [6.45, 7) is 1.66. The summed E-state index contributed by atoms with van der Waals surface area (Å²) >= 11 is 0. The van der Waals surface area contributed by atoms with E-state index in [2.05, 4.69) is 10.3 Å². The Morgan fingerprint density at radius 1 is 1.18 bits per heavy atom. The van der Waals surface area contributed by atoms with E-state index in [1.165, 1.54) is 41.7 Å². The van der Waals surface area contributed by atoms with Gasteiger partial charge in [-0.25, -0.2) is 21.2 Å². The van der Waals surface area contributed by atoms with E-state index in [9.17, 15) is 26.0 Å². The van der Waals surface area contributed by atoms with Crippen LogP contribution in [0.3, 0.4) is 0 Å². The number of hydrogen-bond acceptors (Lipinski definition) is 7. The van der Waals surface area contributed by atoms with Gasteiger partial charge in [0.1, 0.15) is 17.4 Å². The molecule has 0 saturated carbocycles. The van der Waals surface area contributed by atoms with Crippen LogP contribution in [0.4, 0.5) is 10.2 Å². The SMILES string of the molecule is CCc1cc2c(C(=O)NC)c(-c3ccc(F)cc3)oc2nc1N(CCN1Cc2ccccc2S1(=O)=O)S(C)(=O)=O. The van der Waals surface area contributed by atoms with Crippen LogP contribution in [0.15, 0.2) is 63.9 Å². The van der Waals surface area contributed by atoms with E-state index < -0.39 is 31.8 Å². The molecule has 2 aromatic heterocycles. The van der Waals surface area contributed by atoms with Crippen molar-refractivity contribution in [1.82, 2.24) is 14.6 Å². The summed E-state index contributed by atoms with van der Waals surface area (Å²) in [7, 11) is -6.21. The monoisotopic (exact) mass is 586 g/mol. The Kier molecular flexibility index (Phi) is 7.15. The average Bonchev–Trinajstić information content (AvgIpc) is 3.41. The molecule has 0 radical (unpaired) electrons. The summed E-state index contributed by atoms with van der Waals surface area (Å²) in [5.74, 6) is -0.669. The third-order valence-electron chi connectivity index (χ3n) is 6.81. The number of sulfonamides is 2. The van der Waals surface area contributed by atoms with Crippen molar-refractivity contribution in [3.05, 3.63) is 77.1 Å². The number of hydrogen-bond donors (Lipinski definition) is 1. The summed E-state index contributed by atoms with van der Waals surface area (Å²) in [4.78, 5) is 17.6. The van der Waals surface area contributed by atoms with E-state index in [4.69, 9.17) is 4.42 Å². The molecule has 0 bridgehead atoms. The summed E-state index contributed by atoms with van der Waals surface area (Å²) in [5.41, 5.74) is 1.80. The molecule has 13 heteroatoms. The van der Waals surface area contributed by atoms with Crippen molar-refractivity contribution in [3.63, 3.8) is 0 Å². The van der Waals surface area contributed by atoms with Crippen LogP contribution in [0.2, 0.25) is 0 Å². The van der Waals surface area contributed by atoms with Crippen LogP contribution in [0.1, 0.15) is 28.4 Å². The van der Waals surface area contributed by atoms with Crippen molar-refractivity contribution < 1.29 is 30.4 Å². The molecule has 0 aliphatic carbocycles. The Balaban J connectivity index is 1.58. The number of nitrogens with zero attached hydrogens (tertiary/aromatic N) is 3. The minimum atomic E-state index is -3.91. The Morgan fingerprint density at radius 3 is 2.50 bits per heavy atom. The second-order valence-corrected chi connectivity index (χ2v) is 13.2. The fourth-order valence-corrected chi connectivity index (χ4v) is 7.33. The molecule has 1 N–H and O–H groups in total. The van der Waals surface area contributed by atoms with Crippen molar-refractivity contribution in [2.24, 2.45) is 0 Å². The van der Waals surface area contributed by atoms with Crippen LogP contribution >= 0.6 is 0 Å². The molecule has 1 aliphatic heterocycles. The first-order valence-corrected chi connectivity index (χ1v) is 15.7. The van der Waals surface area contributed by atoms with Crippen LogP contribution < -0.4 is 9.62 Å². The number of rotatable bonds is 8. The Labute approximate surface area is 231 Å². The first-order valence-electron chi connectivity index (χ1n) is 12.5. The molecule has 210 valence electrons. The molecule has 40 heavy (non-hydrogen) atoms. The second-order valence-electron chi connectivity index (χ2n) is 9.35. The predicted molar refractivity (Wildman–Crippen MR) is 148 cm³/mol. The number of furan rings is 1. The van der Waals surface area contributed by atoms with Crippen molar-refractivity contribution in [2.75, 3.05) is 30.7 Å². The number of nitrogens with one attached hydrogen (secondary N) is 1. The van der Waals surface area contributed by atoms with Gasteiger partial charge in [-0.2, -0.15) is 9.29 Å². The smallest absolute Gasteiger partial charge is 0.255 e. The number of pyridine rings is 1. The van der Waals surface area contributed by atoms with Gasteiger partial charge in [-0.05, 0) is 53.9 Å². The molecule has 10 nitrogen and oxygen atoms in total. The lowest BCUT2D eigenvalue weighted by Crippen LogP contribution is -2.39. The number of carbonyl (C=O) groups excluding carboxylic acids is 1. The van der Waals surface area contributed by atoms with E-state index in [-0.39, 0.29) is 47.4 Å². The minimum Gasteiger partial charge on any atom is -0.437 e. The zero-order valence-electron chi connectivity index (χ0n) is 22.0. The number of fused-ring (bicyclic) bond motifs is 2. The topological polar surface area (TPSA) is 130 Å². The van der Waals surface area contributed by atoms with E-state index in [0.29, 0.717) is 28.5 Å². The number of aryl methyl sites for hydroxylation is 1. The summed E-state index contributed by atoms with van der Waals surface area (Å²) in [5, 5.41) is 2.94. The van der Waals surface area contributed by atoms with Gasteiger partial charge in [0.25, 0.3) is 5.91 Å². The molecule has 4 aromatic rings. The lowest BCUT2D eigenvalue weighted by atomic mass is 10.0. The molecule has 2 aromatic carbocycles. The molecule has 3 heterocycles. The third-order valence-corrected chi connectivity index (χ3v) is 9.91. The van der Waals surface area contributed by atoms with Gasteiger partial charge in [0, 0.05) is 32.2 Å². The summed E-state index contributed by atoms with van der Waals surface area (Å²) in [6.07, 6.45) is 1.38. The molecule has 0 saturated heterocycles. The number of aromatic nitrogens is 1. The standard InChI is InChI=1S/C27H27FN4O6S2/c1-4-17-15-21-23(26(33)29-2)24(18-9-11-20(28)12-10-18)38-27(21)30-25(17)32(39(3,34)35)14-13-31-16-19-7-5-6-8-22(19)40(31,36)37/h5-12,15H,4,13-14,16H2,1-3H3,(H,29,33). The van der Waals surface area contributed by atoms with Crippen molar-refractivity contribution >= 4 is 42.9 Å². The largest absolute Gasteiger partial charge is 0.437 e. The van der Waals surface area contributed by atoms with Crippen LogP contribution in [0.25, 0.3) is 22.4 Å². The van der Waals surface area contributed by atoms with Crippen LogP contribution in [-0.4, -0.2) is 58.4 Å². The number of carbonyl (C=O) groups is 1. The van der Waals surface area contributed by atoms with Crippen LogP contribution in [-0.2, 0) is 33.0 Å². The molecule has 1 amide bonds. The zero-order valence-corrected chi connectivity index (χ0v) is 23.6. The normalized spacial score (nSPS) is 14.8. The molecule has 0 spiro atoms. The average molecular weight is 587 g/mol. The summed E-state index contributed by atoms with van der Waals surface area (Å²) < 4.78 is 73.9. The molecular weight excluding hydrogens is 559 g/mol. The van der Waals surface area contributed by atoms with Gasteiger partial charge in [-0.15, -0.1) is 0 Å². The maximum Gasteiger partial charge on any atom is 0.255 e. The van der Waals surface area contributed by atoms with Gasteiger partial charge in [-0.3, -0.25) is 9.10 Å².